The van der Waals surface area contributed by atoms with Gasteiger partial charge in [-0.25, -0.2) is 5.43 Å². The zero-order valence-electron chi connectivity index (χ0n) is 16.0. The number of allylic oxidation sites excluding steroid dienone is 1. The number of thiophene rings is 1. The molecule has 3 heterocycles. The van der Waals surface area contributed by atoms with E-state index in [1.807, 2.05) is 0 Å². The lowest BCUT2D eigenvalue weighted by Gasteiger charge is -2.00. The number of furan rings is 1. The second-order valence-electron chi connectivity index (χ2n) is 5.96. The van der Waals surface area contributed by atoms with E-state index in [0.717, 1.165) is 22.7 Å². The van der Waals surface area contributed by atoms with Crippen molar-refractivity contribution < 1.29 is 17.6 Å². The summed E-state index contributed by atoms with van der Waals surface area (Å²) in [6.45, 7) is 7.34. The number of carbonyl (C=O) groups is 1. The Morgan fingerprint density at radius 1 is 1.43 bits per heavy atom. The summed E-state index contributed by atoms with van der Waals surface area (Å²) in [4.78, 5) is 12.8. The van der Waals surface area contributed by atoms with Gasteiger partial charge in [-0.2, -0.15) is 13.5 Å². The van der Waals surface area contributed by atoms with E-state index in [1.54, 1.807) is 37.4 Å². The van der Waals surface area contributed by atoms with Gasteiger partial charge in [0.2, 0.25) is 4.80 Å². The maximum absolute atomic E-state index is 12.5. The van der Waals surface area contributed by atoms with Crippen LogP contribution in [0.3, 0.4) is 0 Å². The van der Waals surface area contributed by atoms with Gasteiger partial charge in [-0.15, -0.1) is 22.3 Å². The fourth-order valence-corrected chi connectivity index (χ4v) is 5.91. The predicted octanol–water partition coefficient (Wildman–Crippen LogP) is 3.71. The Hall–Kier alpha value is -2.47. The lowest BCUT2D eigenvalue weighted by molar-refractivity contribution is 0.0953. The van der Waals surface area contributed by atoms with Gasteiger partial charge in [0.25, 0.3) is 15.9 Å². The highest BCUT2D eigenvalue weighted by atomic mass is 35.5. The highest BCUT2D eigenvalue weighted by Crippen LogP contribution is 2.21. The lowest BCUT2D eigenvalue weighted by Crippen LogP contribution is -2.17. The molecule has 0 spiro atoms. The molecule has 0 unspecified atom stereocenters. The van der Waals surface area contributed by atoms with Gasteiger partial charge in [-0.05, 0) is 31.4 Å². The molecule has 0 radical (unpaired) electrons. The average molecular weight is 485 g/mol. The molecule has 0 bridgehead atoms. The minimum atomic E-state index is -3.87. The van der Waals surface area contributed by atoms with Crippen molar-refractivity contribution in [1.29, 1.82) is 0 Å². The highest BCUT2D eigenvalue weighted by Gasteiger charge is 2.17. The summed E-state index contributed by atoms with van der Waals surface area (Å²) >= 11 is 8.48. The molecule has 8 nitrogen and oxygen atoms in total. The number of nitrogens with one attached hydrogen (secondary N) is 1. The molecule has 0 aliphatic rings. The van der Waals surface area contributed by atoms with Gasteiger partial charge in [0.15, 0.2) is 0 Å². The molecule has 30 heavy (non-hydrogen) atoms. The molecular weight excluding hydrogens is 468 g/mol. The van der Waals surface area contributed by atoms with Crippen LogP contribution in [0.5, 0.6) is 0 Å². The maximum atomic E-state index is 12.5. The van der Waals surface area contributed by atoms with Gasteiger partial charge in [0.05, 0.1) is 16.7 Å². The Morgan fingerprint density at radius 2 is 2.20 bits per heavy atom. The number of halogens is 1. The number of hydrazone groups is 1. The van der Waals surface area contributed by atoms with Crippen LogP contribution in [0, 0.1) is 13.8 Å². The van der Waals surface area contributed by atoms with E-state index in [2.05, 4.69) is 21.5 Å². The van der Waals surface area contributed by atoms with E-state index in [9.17, 15) is 13.2 Å². The SMILES string of the molecule is C=CCn1c(Cl)c(/C=N\NC(=O)c2cc(C)oc2C)sc1=NS(=O)(=O)c1cccs1. The minimum Gasteiger partial charge on any atom is -0.466 e. The fourth-order valence-electron chi connectivity index (χ4n) is 2.47. The van der Waals surface area contributed by atoms with Crippen LogP contribution >= 0.6 is 34.3 Å². The Morgan fingerprint density at radius 3 is 2.80 bits per heavy atom. The van der Waals surface area contributed by atoms with Crippen LogP contribution in [0.2, 0.25) is 5.15 Å². The summed E-state index contributed by atoms with van der Waals surface area (Å²) in [6.07, 6.45) is 2.91. The van der Waals surface area contributed by atoms with Crippen molar-refractivity contribution in [3.8, 4) is 0 Å². The highest BCUT2D eigenvalue weighted by molar-refractivity contribution is 7.92. The first-order chi connectivity index (χ1) is 14.2. The molecule has 0 fully saturated rings. The van der Waals surface area contributed by atoms with E-state index in [4.69, 9.17) is 16.0 Å². The van der Waals surface area contributed by atoms with Crippen LogP contribution in [-0.2, 0) is 16.6 Å². The first-order valence-electron chi connectivity index (χ1n) is 8.48. The third-order valence-corrected chi connectivity index (χ3v) is 8.05. The van der Waals surface area contributed by atoms with Gasteiger partial charge in [0, 0.05) is 6.54 Å². The molecule has 0 saturated carbocycles. The predicted molar refractivity (Wildman–Crippen MR) is 118 cm³/mol. The van der Waals surface area contributed by atoms with Crippen molar-refractivity contribution in [2.75, 3.05) is 0 Å². The molecule has 0 aromatic carbocycles. The molecule has 0 aliphatic carbocycles. The topological polar surface area (TPSA) is 106 Å². The summed E-state index contributed by atoms with van der Waals surface area (Å²) in [5.74, 6) is 0.669. The van der Waals surface area contributed by atoms with E-state index >= 15 is 0 Å². The Balaban J connectivity index is 1.91. The zero-order valence-corrected chi connectivity index (χ0v) is 19.2. The molecular formula is C18H17ClN4O4S3. The zero-order chi connectivity index (χ0) is 21.9. The van der Waals surface area contributed by atoms with Crippen LogP contribution in [0.1, 0.15) is 26.8 Å². The maximum Gasteiger partial charge on any atom is 0.294 e. The molecule has 0 atom stereocenters. The number of nitrogens with zero attached hydrogens (tertiary/aromatic N) is 3. The number of sulfonamides is 1. The Kier molecular flexibility index (Phi) is 6.76. The number of thiazole rings is 1. The van der Waals surface area contributed by atoms with Crippen molar-refractivity contribution in [2.45, 2.75) is 24.6 Å². The van der Waals surface area contributed by atoms with Gasteiger partial charge < -0.3 is 8.98 Å². The average Bonchev–Trinajstić information content (AvgIpc) is 3.39. The standard InChI is InChI=1S/C18H17ClN4O4S3/c1-4-7-23-16(19)14(10-20-21-17(24)13-9-11(2)27-12(13)3)29-18(23)22-30(25,26)15-6-5-8-28-15/h4-6,8-10H,1,7H2,2-3H3,(H,21,24)/b20-10-,22-18?. The van der Waals surface area contributed by atoms with Crippen LogP contribution in [0.25, 0.3) is 0 Å². The van der Waals surface area contributed by atoms with Crippen molar-refractivity contribution in [1.82, 2.24) is 9.99 Å². The van der Waals surface area contributed by atoms with Crippen molar-refractivity contribution in [3.63, 3.8) is 0 Å². The van der Waals surface area contributed by atoms with Crippen LogP contribution in [0.4, 0.5) is 0 Å². The second kappa shape index (κ2) is 9.13. The van der Waals surface area contributed by atoms with Gasteiger partial charge in [-0.3, -0.25) is 4.79 Å². The van der Waals surface area contributed by atoms with E-state index in [1.165, 1.54) is 16.8 Å². The lowest BCUT2D eigenvalue weighted by atomic mass is 10.2. The number of aryl methyl sites for hydroxylation is 2. The van der Waals surface area contributed by atoms with E-state index in [-0.39, 0.29) is 20.7 Å². The van der Waals surface area contributed by atoms with E-state index < -0.39 is 15.9 Å². The first-order valence-corrected chi connectivity index (χ1v) is 12.0. The van der Waals surface area contributed by atoms with E-state index in [0.29, 0.717) is 22.0 Å². The summed E-state index contributed by atoms with van der Waals surface area (Å²) in [5, 5.41) is 5.81. The van der Waals surface area contributed by atoms with Gasteiger partial charge in [0.1, 0.15) is 20.9 Å². The van der Waals surface area contributed by atoms with Crippen LogP contribution < -0.4 is 10.2 Å². The number of hydrogen-bond donors (Lipinski definition) is 1. The third kappa shape index (κ3) is 4.81. The Bertz CT molecular complexity index is 1280. The molecule has 0 aliphatic heterocycles. The summed E-state index contributed by atoms with van der Waals surface area (Å²) in [6, 6.07) is 4.73. The molecule has 158 valence electrons. The van der Waals surface area contributed by atoms with Crippen LogP contribution in [0.15, 0.2) is 54.4 Å². The van der Waals surface area contributed by atoms with Crippen molar-refractivity contribution in [3.05, 3.63) is 68.1 Å². The van der Waals surface area contributed by atoms with Crippen molar-refractivity contribution in [2.24, 2.45) is 9.50 Å². The molecule has 0 saturated heterocycles. The number of rotatable bonds is 7. The van der Waals surface area contributed by atoms with Crippen LogP contribution in [-0.4, -0.2) is 25.1 Å². The molecule has 1 N–H and O–H groups in total. The largest absolute Gasteiger partial charge is 0.466 e. The summed E-state index contributed by atoms with van der Waals surface area (Å²) < 4.78 is 35.9. The monoisotopic (exact) mass is 484 g/mol. The number of amides is 1. The molecule has 1 amide bonds. The fraction of sp³-hybridized carbons (Fsp3) is 0.167. The quantitative estimate of drug-likeness (QED) is 0.313. The molecule has 12 heteroatoms. The number of carbonyl (C=O) groups excluding carboxylic acids is 1. The van der Waals surface area contributed by atoms with Gasteiger partial charge >= 0.3 is 0 Å². The summed E-state index contributed by atoms with van der Waals surface area (Å²) in [7, 11) is -3.87. The van der Waals surface area contributed by atoms with Gasteiger partial charge in [-0.1, -0.05) is 35.1 Å². The third-order valence-electron chi connectivity index (χ3n) is 3.77. The summed E-state index contributed by atoms with van der Waals surface area (Å²) in [5.41, 5.74) is 2.78. The number of hydrogen-bond acceptors (Lipinski definition) is 7. The normalized spacial score (nSPS) is 12.6. The molecule has 3 aromatic rings. The molecule has 3 aromatic heterocycles. The second-order valence-corrected chi connectivity index (χ2v) is 10.1. The smallest absolute Gasteiger partial charge is 0.294 e. The Labute approximate surface area is 185 Å². The van der Waals surface area contributed by atoms with Crippen molar-refractivity contribution >= 4 is 56.4 Å². The minimum absolute atomic E-state index is 0.130. The number of aromatic nitrogens is 1. The molecule has 3 rings (SSSR count). The first kappa shape index (κ1) is 22.2.